The van der Waals surface area contributed by atoms with Gasteiger partial charge in [0.2, 0.25) is 5.43 Å². The lowest BCUT2D eigenvalue weighted by atomic mass is 10.0. The van der Waals surface area contributed by atoms with Crippen LogP contribution < -0.4 is 21.8 Å². The third-order valence-corrected chi connectivity index (χ3v) is 5.60. The second-order valence-corrected chi connectivity index (χ2v) is 9.63. The highest BCUT2D eigenvalue weighted by Crippen LogP contribution is 2.38. The first-order chi connectivity index (χ1) is 15.2. The highest BCUT2D eigenvalue weighted by Gasteiger charge is 2.35. The van der Waals surface area contributed by atoms with E-state index in [0.29, 0.717) is 12.8 Å². The number of nitrogen functional groups attached to an aromatic ring is 1. The average molecular weight is 490 g/mol. The number of anilines is 2. The smallest absolute Gasteiger partial charge is 0.341 e. The number of hydrogen-bond acceptors (Lipinski definition) is 8. The molecule has 2 aromatic rings. The molecule has 0 bridgehead atoms. The molecule has 0 radical (unpaired) electrons. The number of carboxylic acid groups (broad SMARTS) is 1. The van der Waals surface area contributed by atoms with Gasteiger partial charge in [0.25, 0.3) is 10.1 Å². The van der Waals surface area contributed by atoms with Crippen LogP contribution in [0.4, 0.5) is 20.2 Å². The van der Waals surface area contributed by atoms with Crippen LogP contribution in [-0.2, 0) is 14.9 Å². The van der Waals surface area contributed by atoms with Crippen molar-refractivity contribution in [1.29, 1.82) is 0 Å². The first-order valence-corrected chi connectivity index (χ1v) is 11.7. The molecule has 2 aliphatic heterocycles. The van der Waals surface area contributed by atoms with Gasteiger partial charge in [-0.2, -0.15) is 8.42 Å². The van der Waals surface area contributed by atoms with Crippen molar-refractivity contribution < 1.29 is 36.4 Å². The Kier molecular flexibility index (Phi) is 6.66. The molecule has 2 aliphatic rings. The Morgan fingerprint density at radius 1 is 1.24 bits per heavy atom. The van der Waals surface area contributed by atoms with Gasteiger partial charge in [-0.05, 0) is 5.92 Å². The number of carbonyl (C=O) groups is 1. The van der Waals surface area contributed by atoms with E-state index in [4.69, 9.17) is 20.8 Å². The Morgan fingerprint density at radius 2 is 1.82 bits per heavy atom. The van der Waals surface area contributed by atoms with Crippen LogP contribution in [0.1, 0.15) is 23.3 Å². The lowest BCUT2D eigenvalue weighted by Crippen LogP contribution is -2.34. The summed E-state index contributed by atoms with van der Waals surface area (Å²) in [4.78, 5) is 25.6. The molecule has 0 aliphatic carbocycles. The van der Waals surface area contributed by atoms with Crippen LogP contribution in [0.25, 0.3) is 10.9 Å². The van der Waals surface area contributed by atoms with Crippen LogP contribution in [0.5, 0.6) is 0 Å². The van der Waals surface area contributed by atoms with Gasteiger partial charge in [0.05, 0.1) is 42.1 Å². The molecule has 3 heterocycles. The summed E-state index contributed by atoms with van der Waals surface area (Å²) in [5, 5.41) is 8.87. The number of ether oxygens (including phenoxy) is 1. The maximum Gasteiger partial charge on any atom is 0.341 e. The fourth-order valence-electron chi connectivity index (χ4n) is 3.83. The molecule has 6 N–H and O–H groups in total. The van der Waals surface area contributed by atoms with Crippen molar-refractivity contribution in [2.24, 2.45) is 11.7 Å². The van der Waals surface area contributed by atoms with Gasteiger partial charge in [0, 0.05) is 25.3 Å². The second kappa shape index (κ2) is 8.85. The van der Waals surface area contributed by atoms with Gasteiger partial charge in [-0.3, -0.25) is 9.35 Å². The quantitative estimate of drug-likeness (QED) is 0.348. The van der Waals surface area contributed by atoms with E-state index in [2.05, 4.69) is 0 Å². The highest BCUT2D eigenvalue weighted by molar-refractivity contribution is 7.85. The molecule has 33 heavy (non-hydrogen) atoms. The van der Waals surface area contributed by atoms with Crippen molar-refractivity contribution >= 4 is 38.4 Å². The fraction of sp³-hybridized carbons (Fsp3) is 0.474. The van der Waals surface area contributed by atoms with Gasteiger partial charge < -0.3 is 30.8 Å². The van der Waals surface area contributed by atoms with Crippen LogP contribution in [0.3, 0.4) is 0 Å². The standard InChI is InChI=1S/C18H20F2N4O4.CH4O3S/c1-7-2-23(4-10(7)21)16-12(19)14(22)11-15(13(16)20)24(8-5-28-6-8)3-9(17(11)25)18(26)27;1-5(2,3)4/h3,7-8,10H,2,4-6,21-22H2,1H3,(H,26,27);1H3,(H,2,3,4)/t7-,10-;/m1./s1. The van der Waals surface area contributed by atoms with E-state index in [1.54, 1.807) is 0 Å². The first kappa shape index (κ1) is 24.8. The molecule has 1 aromatic heterocycles. The predicted octanol–water partition coefficient (Wildman–Crippen LogP) is 0.419. The van der Waals surface area contributed by atoms with E-state index >= 15 is 8.78 Å². The molecule has 0 amide bonds. The Balaban J connectivity index is 0.000000555. The van der Waals surface area contributed by atoms with Crippen molar-refractivity contribution in [1.82, 2.24) is 4.57 Å². The number of nitrogens with two attached hydrogens (primary N) is 2. The zero-order valence-corrected chi connectivity index (χ0v) is 18.6. The van der Waals surface area contributed by atoms with Crippen LogP contribution in [0, 0.1) is 17.6 Å². The van der Waals surface area contributed by atoms with Gasteiger partial charge in [-0.15, -0.1) is 0 Å². The summed E-state index contributed by atoms with van der Waals surface area (Å²) in [5.74, 6) is -3.51. The second-order valence-electron chi connectivity index (χ2n) is 8.17. The van der Waals surface area contributed by atoms with E-state index in [1.807, 2.05) is 6.92 Å². The topological polar surface area (TPSA) is 178 Å². The monoisotopic (exact) mass is 490 g/mol. The molecule has 2 saturated heterocycles. The number of nitrogens with zero attached hydrogens (tertiary/aromatic N) is 2. The largest absolute Gasteiger partial charge is 0.477 e. The fourth-order valence-corrected chi connectivity index (χ4v) is 3.83. The van der Waals surface area contributed by atoms with E-state index in [-0.39, 0.29) is 49.0 Å². The molecular weight excluding hydrogens is 466 g/mol. The van der Waals surface area contributed by atoms with E-state index in [1.165, 1.54) is 9.47 Å². The normalized spacial score (nSPS) is 21.0. The number of aromatic nitrogens is 1. The van der Waals surface area contributed by atoms with Gasteiger partial charge in [0.1, 0.15) is 11.3 Å². The summed E-state index contributed by atoms with van der Waals surface area (Å²) in [5.41, 5.74) is 9.12. The van der Waals surface area contributed by atoms with Gasteiger partial charge in [-0.1, -0.05) is 6.92 Å². The minimum Gasteiger partial charge on any atom is -0.477 e. The van der Waals surface area contributed by atoms with Crippen LogP contribution in [0.15, 0.2) is 11.0 Å². The van der Waals surface area contributed by atoms with E-state index in [0.717, 1.165) is 6.20 Å². The number of halogens is 2. The van der Waals surface area contributed by atoms with Crippen LogP contribution in [-0.4, -0.2) is 67.2 Å². The van der Waals surface area contributed by atoms with Gasteiger partial charge >= 0.3 is 5.97 Å². The van der Waals surface area contributed by atoms with Gasteiger partial charge in [-0.25, -0.2) is 13.6 Å². The number of benzene rings is 1. The zero-order chi connectivity index (χ0) is 24.8. The molecule has 0 unspecified atom stereocenters. The minimum absolute atomic E-state index is 0.0207. The van der Waals surface area contributed by atoms with E-state index < -0.39 is 49.8 Å². The number of rotatable bonds is 3. The van der Waals surface area contributed by atoms with Crippen molar-refractivity contribution in [2.45, 2.75) is 19.0 Å². The Morgan fingerprint density at radius 3 is 2.24 bits per heavy atom. The molecule has 182 valence electrons. The Hall–Kier alpha value is -2.81. The molecule has 2 atom stereocenters. The summed E-state index contributed by atoms with van der Waals surface area (Å²) in [7, 11) is -3.67. The molecular formula is C19H24F2N4O7S. The summed E-state index contributed by atoms with van der Waals surface area (Å²) < 4.78 is 63.0. The average Bonchev–Trinajstić information content (AvgIpc) is 2.96. The maximum atomic E-state index is 15.6. The molecule has 11 nitrogen and oxygen atoms in total. The first-order valence-electron chi connectivity index (χ1n) is 9.81. The molecule has 4 rings (SSSR count). The molecule has 1 aromatic carbocycles. The summed E-state index contributed by atoms with van der Waals surface area (Å²) >= 11 is 0. The predicted molar refractivity (Wildman–Crippen MR) is 116 cm³/mol. The third kappa shape index (κ3) is 4.78. The number of aromatic carboxylic acids is 1. The molecule has 2 fully saturated rings. The van der Waals surface area contributed by atoms with Crippen molar-refractivity contribution in [3.05, 3.63) is 33.6 Å². The molecule has 0 saturated carbocycles. The Labute approximate surface area is 187 Å². The minimum atomic E-state index is -3.67. The van der Waals surface area contributed by atoms with Crippen LogP contribution in [0.2, 0.25) is 0 Å². The number of fused-ring (bicyclic) bond motifs is 1. The van der Waals surface area contributed by atoms with E-state index in [9.17, 15) is 23.1 Å². The summed E-state index contributed by atoms with van der Waals surface area (Å²) in [6.45, 7) is 2.89. The zero-order valence-electron chi connectivity index (χ0n) is 17.8. The SMILES string of the molecule is CS(=O)(=O)O.C[C@@H]1CN(c2c(F)c(N)c3c(=O)c(C(=O)O)cn(C4COC4)c3c2F)C[C@H]1N. The molecule has 0 spiro atoms. The maximum absolute atomic E-state index is 15.6. The highest BCUT2D eigenvalue weighted by atomic mass is 32.2. The van der Waals surface area contributed by atoms with Crippen molar-refractivity contribution in [2.75, 3.05) is 43.2 Å². The summed E-state index contributed by atoms with van der Waals surface area (Å²) in [6, 6.07) is -0.638. The van der Waals surface area contributed by atoms with Crippen molar-refractivity contribution in [3.8, 4) is 0 Å². The summed E-state index contributed by atoms with van der Waals surface area (Å²) in [6.07, 6.45) is 1.79. The lowest BCUT2D eigenvalue weighted by Gasteiger charge is -2.31. The van der Waals surface area contributed by atoms with Crippen LogP contribution >= 0.6 is 0 Å². The number of hydrogen-bond donors (Lipinski definition) is 4. The number of pyridine rings is 1. The number of carboxylic acids is 1. The van der Waals surface area contributed by atoms with Crippen molar-refractivity contribution in [3.63, 3.8) is 0 Å². The molecule has 14 heteroatoms. The van der Waals surface area contributed by atoms with Gasteiger partial charge in [0.15, 0.2) is 11.6 Å². The lowest BCUT2D eigenvalue weighted by molar-refractivity contribution is -0.0219. The third-order valence-electron chi connectivity index (χ3n) is 5.60. The Bertz CT molecular complexity index is 1260.